The van der Waals surface area contributed by atoms with E-state index in [0.29, 0.717) is 6.04 Å². The first-order valence-electron chi connectivity index (χ1n) is 4.70. The van der Waals surface area contributed by atoms with Crippen LogP contribution in [0.3, 0.4) is 0 Å². The van der Waals surface area contributed by atoms with Crippen molar-refractivity contribution in [2.45, 2.75) is 19.4 Å². The highest BCUT2D eigenvalue weighted by Gasteiger charge is 2.11. The van der Waals surface area contributed by atoms with Crippen molar-refractivity contribution in [3.63, 3.8) is 0 Å². The number of aromatic amines is 1. The van der Waals surface area contributed by atoms with Gasteiger partial charge in [-0.1, -0.05) is 6.58 Å². The number of nitrogens with zero attached hydrogens (tertiary/aromatic N) is 2. The quantitative estimate of drug-likeness (QED) is 0.758. The van der Waals surface area contributed by atoms with Gasteiger partial charge in [0.15, 0.2) is 0 Å². The van der Waals surface area contributed by atoms with Gasteiger partial charge in [0.25, 0.3) is 0 Å². The van der Waals surface area contributed by atoms with E-state index in [0.717, 1.165) is 17.8 Å². The lowest BCUT2D eigenvalue weighted by molar-refractivity contribution is 0.765. The first-order chi connectivity index (χ1) is 6.79. The van der Waals surface area contributed by atoms with Gasteiger partial charge in [0.2, 0.25) is 0 Å². The molecule has 3 heteroatoms. The van der Waals surface area contributed by atoms with E-state index in [1.165, 1.54) is 5.57 Å². The topological polar surface area (TPSA) is 41.0 Å². The van der Waals surface area contributed by atoms with Gasteiger partial charge in [-0.05, 0) is 37.1 Å². The Hall–Kier alpha value is -1.64. The average molecular weight is 187 g/mol. The van der Waals surface area contributed by atoms with Crippen molar-refractivity contribution in [2.24, 2.45) is 4.99 Å². The molecule has 1 N–H and O–H groups in total. The molecule has 1 aliphatic rings. The van der Waals surface area contributed by atoms with E-state index < -0.39 is 0 Å². The van der Waals surface area contributed by atoms with Gasteiger partial charge < -0.3 is 0 Å². The van der Waals surface area contributed by atoms with Crippen molar-refractivity contribution in [3.8, 4) is 0 Å². The van der Waals surface area contributed by atoms with Crippen LogP contribution >= 0.6 is 0 Å². The second kappa shape index (κ2) is 3.62. The Balaban J connectivity index is 2.26. The van der Waals surface area contributed by atoms with Crippen LogP contribution in [0.5, 0.6) is 0 Å². The summed E-state index contributed by atoms with van der Waals surface area (Å²) in [6.07, 6.45) is 6.59. The molecule has 14 heavy (non-hydrogen) atoms. The molecule has 3 nitrogen and oxygen atoms in total. The summed E-state index contributed by atoms with van der Waals surface area (Å²) >= 11 is 0. The number of allylic oxidation sites excluding steroid dienone is 1. The summed E-state index contributed by atoms with van der Waals surface area (Å²) in [5.41, 5.74) is 3.19. The van der Waals surface area contributed by atoms with E-state index in [2.05, 4.69) is 28.7 Å². The number of aromatic nitrogens is 2. The van der Waals surface area contributed by atoms with E-state index in [4.69, 9.17) is 0 Å². The molecule has 1 unspecified atom stereocenters. The molecule has 0 aliphatic carbocycles. The minimum Gasteiger partial charge on any atom is -0.290 e. The van der Waals surface area contributed by atoms with Gasteiger partial charge in [-0.2, -0.15) is 5.10 Å². The van der Waals surface area contributed by atoms with Crippen LogP contribution in [0.25, 0.3) is 11.6 Å². The molecule has 0 amide bonds. The monoisotopic (exact) mass is 187 g/mol. The van der Waals surface area contributed by atoms with Crippen molar-refractivity contribution in [1.29, 1.82) is 0 Å². The number of dihydropyridines is 1. The number of nitrogens with one attached hydrogen (secondary N) is 1. The summed E-state index contributed by atoms with van der Waals surface area (Å²) in [6.45, 7) is 5.79. The van der Waals surface area contributed by atoms with Gasteiger partial charge in [0.1, 0.15) is 0 Å². The van der Waals surface area contributed by atoms with Gasteiger partial charge >= 0.3 is 0 Å². The Bertz CT molecular complexity index is 398. The summed E-state index contributed by atoms with van der Waals surface area (Å²) in [6, 6.07) is 2.36. The fourth-order valence-electron chi connectivity index (χ4n) is 1.51. The van der Waals surface area contributed by atoms with Crippen LogP contribution in [0.4, 0.5) is 0 Å². The molecule has 0 radical (unpaired) electrons. The number of hydrogen-bond acceptors (Lipinski definition) is 2. The van der Waals surface area contributed by atoms with Crippen LogP contribution in [0, 0.1) is 0 Å². The molecule has 72 valence electrons. The fraction of sp³-hybridized carbons (Fsp3) is 0.273. The Morgan fingerprint density at radius 1 is 1.64 bits per heavy atom. The zero-order valence-electron chi connectivity index (χ0n) is 8.20. The van der Waals surface area contributed by atoms with E-state index in [1.54, 1.807) is 6.08 Å². The standard InChI is InChI=1S/C11H13N3/c1-3-10-7-11(14-13-10)9-4-5-12-8(2)6-9/h3-5,7-8H,1,6H2,2H3,(H,13,14). The summed E-state index contributed by atoms with van der Waals surface area (Å²) in [5, 5.41) is 7.13. The van der Waals surface area contributed by atoms with Crippen LogP contribution in [-0.2, 0) is 0 Å². The molecule has 2 heterocycles. The maximum Gasteiger partial charge on any atom is 0.0888 e. The number of rotatable bonds is 2. The smallest absolute Gasteiger partial charge is 0.0888 e. The lowest BCUT2D eigenvalue weighted by atomic mass is 10.0. The lowest BCUT2D eigenvalue weighted by Crippen LogP contribution is -2.04. The highest BCUT2D eigenvalue weighted by atomic mass is 15.1. The molecule has 1 aromatic rings. The van der Waals surface area contributed by atoms with E-state index in [-0.39, 0.29) is 0 Å². The summed E-state index contributed by atoms with van der Waals surface area (Å²) in [5.74, 6) is 0. The van der Waals surface area contributed by atoms with Gasteiger partial charge in [-0.25, -0.2) is 0 Å². The van der Waals surface area contributed by atoms with Gasteiger partial charge in [0, 0.05) is 6.21 Å². The van der Waals surface area contributed by atoms with Crippen molar-refractivity contribution in [2.75, 3.05) is 0 Å². The molecule has 1 atom stereocenters. The molecule has 0 spiro atoms. The zero-order chi connectivity index (χ0) is 9.97. The molecule has 1 aromatic heterocycles. The maximum atomic E-state index is 4.27. The van der Waals surface area contributed by atoms with Crippen LogP contribution < -0.4 is 0 Å². The molecule has 0 bridgehead atoms. The van der Waals surface area contributed by atoms with Gasteiger partial charge in [-0.15, -0.1) is 0 Å². The summed E-state index contributed by atoms with van der Waals surface area (Å²) < 4.78 is 0. The highest BCUT2D eigenvalue weighted by Crippen LogP contribution is 2.22. The minimum atomic E-state index is 0.360. The Morgan fingerprint density at radius 2 is 2.50 bits per heavy atom. The third-order valence-corrected chi connectivity index (χ3v) is 2.28. The Morgan fingerprint density at radius 3 is 3.14 bits per heavy atom. The Kier molecular flexibility index (Phi) is 2.31. The lowest BCUT2D eigenvalue weighted by Gasteiger charge is -2.11. The zero-order valence-corrected chi connectivity index (χ0v) is 8.20. The van der Waals surface area contributed by atoms with Crippen molar-refractivity contribution in [1.82, 2.24) is 10.2 Å². The molecule has 0 saturated heterocycles. The largest absolute Gasteiger partial charge is 0.290 e. The van der Waals surface area contributed by atoms with E-state index in [9.17, 15) is 0 Å². The third-order valence-electron chi connectivity index (χ3n) is 2.28. The number of H-pyrrole nitrogens is 1. The average Bonchev–Trinajstić information content (AvgIpc) is 2.66. The predicted octanol–water partition coefficient (Wildman–Crippen LogP) is 2.30. The number of aliphatic imine (C=N–C) groups is 1. The van der Waals surface area contributed by atoms with Crippen molar-refractivity contribution in [3.05, 3.63) is 30.1 Å². The molecule has 0 aromatic carbocycles. The third kappa shape index (κ3) is 1.66. The molecule has 1 aliphatic heterocycles. The number of hydrogen-bond donors (Lipinski definition) is 1. The normalized spacial score (nSPS) is 20.6. The van der Waals surface area contributed by atoms with E-state index in [1.807, 2.05) is 18.4 Å². The van der Waals surface area contributed by atoms with Crippen LogP contribution in [0.15, 0.2) is 23.7 Å². The second-order valence-corrected chi connectivity index (χ2v) is 3.46. The summed E-state index contributed by atoms with van der Waals surface area (Å²) in [7, 11) is 0. The molecule has 0 fully saturated rings. The predicted molar refractivity (Wildman–Crippen MR) is 59.2 cm³/mol. The fourth-order valence-corrected chi connectivity index (χ4v) is 1.51. The Labute approximate surface area is 83.3 Å². The van der Waals surface area contributed by atoms with Crippen LogP contribution in [0.2, 0.25) is 0 Å². The first-order valence-corrected chi connectivity index (χ1v) is 4.70. The maximum absolute atomic E-state index is 4.27. The molecule has 2 rings (SSSR count). The van der Waals surface area contributed by atoms with Gasteiger partial charge in [-0.3, -0.25) is 10.1 Å². The second-order valence-electron chi connectivity index (χ2n) is 3.46. The molecular formula is C11H13N3. The summed E-state index contributed by atoms with van der Waals surface area (Å²) in [4.78, 5) is 4.27. The van der Waals surface area contributed by atoms with E-state index >= 15 is 0 Å². The minimum absolute atomic E-state index is 0.360. The molecule has 0 saturated carbocycles. The first kappa shape index (κ1) is 8.94. The SMILES string of the molecule is C=Cc1cc(C2=CC=NC(C)C2)n[nH]1. The van der Waals surface area contributed by atoms with Crippen LogP contribution in [0.1, 0.15) is 24.7 Å². The van der Waals surface area contributed by atoms with Gasteiger partial charge in [0.05, 0.1) is 17.4 Å². The van der Waals surface area contributed by atoms with Crippen molar-refractivity contribution < 1.29 is 0 Å². The van der Waals surface area contributed by atoms with Crippen molar-refractivity contribution >= 4 is 17.9 Å². The van der Waals surface area contributed by atoms with Crippen LogP contribution in [-0.4, -0.2) is 22.5 Å². The highest BCUT2D eigenvalue weighted by molar-refractivity contribution is 5.85. The molecular weight excluding hydrogens is 174 g/mol.